The van der Waals surface area contributed by atoms with Gasteiger partial charge in [0, 0.05) is 21.7 Å². The third-order valence-corrected chi connectivity index (χ3v) is 10.9. The number of fused-ring (bicyclic) bond motifs is 9. The molecule has 52 heavy (non-hydrogen) atoms. The molecule has 1 aliphatic rings. The van der Waals surface area contributed by atoms with Crippen LogP contribution in [0.5, 0.6) is 0 Å². The average molecular weight is 666 g/mol. The highest BCUT2D eigenvalue weighted by molar-refractivity contribution is 6.17. The van der Waals surface area contributed by atoms with Gasteiger partial charge < -0.3 is 13.7 Å². The third kappa shape index (κ3) is 3.91. The molecule has 3 nitrogen and oxygen atoms in total. The van der Waals surface area contributed by atoms with Gasteiger partial charge in [0.1, 0.15) is 16.7 Å². The summed E-state index contributed by atoms with van der Waals surface area (Å²) in [5.74, 6) is 0. The summed E-state index contributed by atoms with van der Waals surface area (Å²) in [6, 6.07) is 67.2. The van der Waals surface area contributed by atoms with Crippen LogP contribution in [0.25, 0.3) is 55.0 Å². The van der Waals surface area contributed by atoms with Crippen LogP contribution in [0.15, 0.2) is 197 Å². The Bertz CT molecular complexity index is 2930. The van der Waals surface area contributed by atoms with E-state index in [4.69, 9.17) is 8.83 Å². The first-order valence-corrected chi connectivity index (χ1v) is 17.8. The molecule has 244 valence electrons. The smallest absolute Gasteiger partial charge is 0.159 e. The summed E-state index contributed by atoms with van der Waals surface area (Å²) in [6.45, 7) is 0. The first-order chi connectivity index (χ1) is 25.8. The Morgan fingerprint density at radius 1 is 0.365 bits per heavy atom. The Morgan fingerprint density at radius 2 is 0.904 bits per heavy atom. The quantitative estimate of drug-likeness (QED) is 0.183. The number of furan rings is 2. The van der Waals surface area contributed by atoms with Gasteiger partial charge in [-0.1, -0.05) is 152 Å². The van der Waals surface area contributed by atoms with Gasteiger partial charge in [-0.3, -0.25) is 0 Å². The summed E-state index contributed by atoms with van der Waals surface area (Å²) in [5.41, 5.74) is 13.3. The molecule has 2 heterocycles. The molecule has 11 rings (SSSR count). The molecule has 0 bridgehead atoms. The molecule has 10 aromatic rings. The summed E-state index contributed by atoms with van der Waals surface area (Å²) >= 11 is 0. The van der Waals surface area contributed by atoms with E-state index in [2.05, 4.69) is 175 Å². The van der Waals surface area contributed by atoms with E-state index < -0.39 is 5.41 Å². The van der Waals surface area contributed by atoms with Crippen molar-refractivity contribution in [1.29, 1.82) is 0 Å². The number of hydrogen-bond acceptors (Lipinski definition) is 3. The largest absolute Gasteiger partial charge is 0.456 e. The number of benzene rings is 8. The van der Waals surface area contributed by atoms with Crippen molar-refractivity contribution in [2.45, 2.75) is 5.41 Å². The molecule has 3 heteroatoms. The molecule has 0 N–H and O–H groups in total. The van der Waals surface area contributed by atoms with E-state index in [1.54, 1.807) is 0 Å². The van der Waals surface area contributed by atoms with Gasteiger partial charge in [0.15, 0.2) is 5.58 Å². The van der Waals surface area contributed by atoms with Crippen LogP contribution in [0.3, 0.4) is 0 Å². The lowest BCUT2D eigenvalue weighted by Gasteiger charge is -2.34. The van der Waals surface area contributed by atoms with Crippen LogP contribution in [0.2, 0.25) is 0 Å². The standard InChI is InChI=1S/C49H31NO2/c1-3-16-32(17-4-1)49(33-18-5-2-6-19-33)38-24-10-7-21-36(38)46-39(49)25-14-26-40(46)50(41-27-15-31-45-47(41)37-22-9-12-30-44(37)51-45)42-28-13-23-35-34-20-8-11-29-43(34)52-48(35)42/h1-31H. The normalized spacial score (nSPS) is 13.2. The van der Waals surface area contributed by atoms with Crippen molar-refractivity contribution >= 4 is 60.9 Å². The first kappa shape index (κ1) is 28.9. The van der Waals surface area contributed by atoms with Crippen molar-refractivity contribution in [3.05, 3.63) is 210 Å². The van der Waals surface area contributed by atoms with E-state index >= 15 is 0 Å². The molecule has 8 aromatic carbocycles. The highest BCUT2D eigenvalue weighted by atomic mass is 16.3. The summed E-state index contributed by atoms with van der Waals surface area (Å²) in [6.07, 6.45) is 0. The molecule has 0 saturated heterocycles. The van der Waals surface area contributed by atoms with Crippen LogP contribution >= 0.6 is 0 Å². The van der Waals surface area contributed by atoms with E-state index in [-0.39, 0.29) is 0 Å². The Balaban J connectivity index is 1.30. The van der Waals surface area contributed by atoms with Crippen LogP contribution in [-0.2, 0) is 5.41 Å². The topological polar surface area (TPSA) is 29.5 Å². The van der Waals surface area contributed by atoms with E-state index in [1.165, 1.54) is 33.4 Å². The predicted octanol–water partition coefficient (Wildman–Crippen LogP) is 13.3. The minimum Gasteiger partial charge on any atom is -0.456 e. The first-order valence-electron chi connectivity index (χ1n) is 17.8. The van der Waals surface area contributed by atoms with Crippen LogP contribution in [0.1, 0.15) is 22.3 Å². The van der Waals surface area contributed by atoms with Crippen LogP contribution in [-0.4, -0.2) is 0 Å². The molecule has 0 amide bonds. The fourth-order valence-corrected chi connectivity index (χ4v) is 8.90. The maximum atomic E-state index is 6.79. The van der Waals surface area contributed by atoms with Crippen LogP contribution in [0.4, 0.5) is 17.1 Å². The minimum absolute atomic E-state index is 0.532. The summed E-state index contributed by atoms with van der Waals surface area (Å²) in [4.78, 5) is 2.41. The van der Waals surface area contributed by atoms with Gasteiger partial charge in [-0.05, 0) is 64.2 Å². The van der Waals surface area contributed by atoms with Gasteiger partial charge in [0.25, 0.3) is 0 Å². The summed E-state index contributed by atoms with van der Waals surface area (Å²) in [7, 11) is 0. The lowest BCUT2D eigenvalue weighted by atomic mass is 9.68. The van der Waals surface area contributed by atoms with E-state index in [1.807, 2.05) is 18.2 Å². The SMILES string of the molecule is c1ccc(C2(c3ccccc3)c3ccccc3-c3c(N(c4cccc5c4oc4ccccc45)c4cccc5oc6ccccc6c45)cccc32)cc1. The van der Waals surface area contributed by atoms with Gasteiger partial charge in [-0.15, -0.1) is 0 Å². The lowest BCUT2D eigenvalue weighted by Crippen LogP contribution is -2.28. The zero-order valence-corrected chi connectivity index (χ0v) is 28.2. The highest BCUT2D eigenvalue weighted by Crippen LogP contribution is 2.60. The monoisotopic (exact) mass is 665 g/mol. The molecule has 0 spiro atoms. The molecule has 2 aromatic heterocycles. The van der Waals surface area contributed by atoms with E-state index in [9.17, 15) is 0 Å². The summed E-state index contributed by atoms with van der Waals surface area (Å²) in [5, 5.41) is 4.32. The van der Waals surface area contributed by atoms with Gasteiger partial charge in [-0.2, -0.15) is 0 Å². The third-order valence-electron chi connectivity index (χ3n) is 10.9. The predicted molar refractivity (Wildman–Crippen MR) is 213 cm³/mol. The molecule has 0 fully saturated rings. The molecule has 0 unspecified atom stereocenters. The fraction of sp³-hybridized carbons (Fsp3) is 0.0204. The fourth-order valence-electron chi connectivity index (χ4n) is 8.90. The van der Waals surface area contributed by atoms with E-state index in [0.717, 1.165) is 60.9 Å². The van der Waals surface area contributed by atoms with Crippen molar-refractivity contribution in [2.75, 3.05) is 4.90 Å². The van der Waals surface area contributed by atoms with Crippen molar-refractivity contribution in [3.8, 4) is 11.1 Å². The van der Waals surface area contributed by atoms with Crippen molar-refractivity contribution in [1.82, 2.24) is 0 Å². The second-order valence-electron chi connectivity index (χ2n) is 13.6. The zero-order valence-electron chi connectivity index (χ0n) is 28.2. The van der Waals surface area contributed by atoms with Gasteiger partial charge in [0.2, 0.25) is 0 Å². The maximum Gasteiger partial charge on any atom is 0.159 e. The van der Waals surface area contributed by atoms with Gasteiger partial charge in [-0.25, -0.2) is 0 Å². The molecular weight excluding hydrogens is 635 g/mol. The Kier molecular flexibility index (Phi) is 6.17. The van der Waals surface area contributed by atoms with Crippen molar-refractivity contribution in [3.63, 3.8) is 0 Å². The van der Waals surface area contributed by atoms with Crippen LogP contribution < -0.4 is 4.90 Å². The Morgan fingerprint density at radius 3 is 1.69 bits per heavy atom. The van der Waals surface area contributed by atoms with E-state index in [0.29, 0.717) is 0 Å². The number of hydrogen-bond donors (Lipinski definition) is 0. The number of para-hydroxylation sites is 3. The average Bonchev–Trinajstić information content (AvgIpc) is 3.88. The van der Waals surface area contributed by atoms with Crippen molar-refractivity contribution in [2.24, 2.45) is 0 Å². The van der Waals surface area contributed by atoms with Gasteiger partial charge >= 0.3 is 0 Å². The molecule has 0 atom stereocenters. The summed E-state index contributed by atoms with van der Waals surface area (Å²) < 4.78 is 13.3. The Labute approximate surface area is 300 Å². The Hall–Kier alpha value is -6.84. The zero-order chi connectivity index (χ0) is 34.2. The lowest BCUT2D eigenvalue weighted by molar-refractivity contribution is 0.668. The highest BCUT2D eigenvalue weighted by Gasteiger charge is 2.47. The van der Waals surface area contributed by atoms with Crippen LogP contribution in [0, 0.1) is 0 Å². The number of nitrogens with zero attached hydrogens (tertiary/aromatic N) is 1. The minimum atomic E-state index is -0.532. The molecule has 1 aliphatic carbocycles. The molecule has 0 aliphatic heterocycles. The number of rotatable bonds is 5. The number of anilines is 3. The second kappa shape index (κ2) is 11.1. The molecule has 0 radical (unpaired) electrons. The molecular formula is C49H31NO2. The van der Waals surface area contributed by atoms with Gasteiger partial charge in [0.05, 0.1) is 27.9 Å². The molecule has 0 saturated carbocycles. The maximum absolute atomic E-state index is 6.79. The van der Waals surface area contributed by atoms with Crippen molar-refractivity contribution < 1.29 is 8.83 Å². The second-order valence-corrected chi connectivity index (χ2v) is 13.6.